The van der Waals surface area contributed by atoms with Crippen LogP contribution in [0.3, 0.4) is 0 Å². The van der Waals surface area contributed by atoms with E-state index in [0.29, 0.717) is 27.7 Å². The van der Waals surface area contributed by atoms with Crippen molar-refractivity contribution >= 4 is 22.8 Å². The maximum Gasteiger partial charge on any atom is 0.311 e. The van der Waals surface area contributed by atoms with Crippen LogP contribution in [0, 0.1) is 25.6 Å². The lowest BCUT2D eigenvalue weighted by molar-refractivity contribution is -0.140. The predicted molar refractivity (Wildman–Crippen MR) is 116 cm³/mol. The molecule has 2 aromatic carbocycles. The molecule has 0 saturated heterocycles. The Hall–Kier alpha value is -3.15. The average Bonchev–Trinajstić information content (AvgIpc) is 3.35. The number of carbonyl (C=O) groups excluding carboxylic acids is 1. The first kappa shape index (κ1) is 21.1. The van der Waals surface area contributed by atoms with Gasteiger partial charge in [0.2, 0.25) is 0 Å². The van der Waals surface area contributed by atoms with E-state index in [4.69, 9.17) is 4.74 Å². The van der Waals surface area contributed by atoms with E-state index in [9.17, 15) is 19.1 Å². The first-order valence-corrected chi connectivity index (χ1v) is 10.6. The monoisotopic (exact) mass is 423 g/mol. The number of carboxylic acid groups (broad SMARTS) is 1. The SMILES string of the molecule is COc1cc2c(C(C(=O)O)C3CCCC3)c(C)n(C(=O)c3ccc(C)cc3)c2cc1F. The molecule has 1 aliphatic carbocycles. The number of nitrogens with zero attached hydrogens (tertiary/aromatic N) is 1. The number of ether oxygens (including phenoxy) is 1. The number of aromatic nitrogens is 1. The van der Waals surface area contributed by atoms with Crippen molar-refractivity contribution < 1.29 is 23.8 Å². The number of halogens is 1. The minimum Gasteiger partial charge on any atom is -0.494 e. The molecule has 0 spiro atoms. The van der Waals surface area contributed by atoms with Gasteiger partial charge in [0.1, 0.15) is 0 Å². The quantitative estimate of drug-likeness (QED) is 0.592. The number of methoxy groups -OCH3 is 1. The lowest BCUT2D eigenvalue weighted by atomic mass is 9.83. The Bertz CT molecular complexity index is 1160. The minimum atomic E-state index is -0.917. The van der Waals surface area contributed by atoms with E-state index in [1.165, 1.54) is 23.8 Å². The Balaban J connectivity index is 1.99. The van der Waals surface area contributed by atoms with E-state index in [-0.39, 0.29) is 17.6 Å². The zero-order valence-corrected chi connectivity index (χ0v) is 17.9. The van der Waals surface area contributed by atoms with Gasteiger partial charge in [-0.3, -0.25) is 14.2 Å². The number of hydrogen-bond acceptors (Lipinski definition) is 3. The first-order valence-electron chi connectivity index (χ1n) is 10.6. The number of fused-ring (bicyclic) bond motifs is 1. The number of benzene rings is 2. The van der Waals surface area contributed by atoms with Gasteiger partial charge in [-0.2, -0.15) is 0 Å². The second-order valence-electron chi connectivity index (χ2n) is 8.37. The zero-order valence-electron chi connectivity index (χ0n) is 17.9. The molecule has 1 atom stereocenters. The highest BCUT2D eigenvalue weighted by atomic mass is 19.1. The van der Waals surface area contributed by atoms with E-state index in [0.717, 1.165) is 31.2 Å². The molecular formula is C25H26FNO4. The summed E-state index contributed by atoms with van der Waals surface area (Å²) >= 11 is 0. The van der Waals surface area contributed by atoms with Gasteiger partial charge in [0.25, 0.3) is 5.91 Å². The zero-order chi connectivity index (χ0) is 22.3. The molecule has 0 aliphatic heterocycles. The molecule has 0 amide bonds. The van der Waals surface area contributed by atoms with Crippen LogP contribution in [0.25, 0.3) is 10.9 Å². The predicted octanol–water partition coefficient (Wildman–Crippen LogP) is 5.45. The summed E-state index contributed by atoms with van der Waals surface area (Å²) in [6.07, 6.45) is 3.64. The van der Waals surface area contributed by atoms with Gasteiger partial charge in [0.15, 0.2) is 11.6 Å². The molecular weight excluding hydrogens is 397 g/mol. The van der Waals surface area contributed by atoms with Gasteiger partial charge in [0, 0.05) is 22.7 Å². The molecule has 31 heavy (non-hydrogen) atoms. The largest absolute Gasteiger partial charge is 0.494 e. The smallest absolute Gasteiger partial charge is 0.311 e. The van der Waals surface area contributed by atoms with Crippen LogP contribution in [0.4, 0.5) is 4.39 Å². The van der Waals surface area contributed by atoms with Crippen molar-refractivity contribution in [2.45, 2.75) is 45.4 Å². The van der Waals surface area contributed by atoms with E-state index in [2.05, 4.69) is 0 Å². The molecule has 1 saturated carbocycles. The summed E-state index contributed by atoms with van der Waals surface area (Å²) in [5.74, 6) is -2.56. The van der Waals surface area contributed by atoms with Crippen molar-refractivity contribution in [2.75, 3.05) is 7.11 Å². The Morgan fingerprint density at radius 1 is 1.13 bits per heavy atom. The lowest BCUT2D eigenvalue weighted by Gasteiger charge is -2.20. The molecule has 4 rings (SSSR count). The van der Waals surface area contributed by atoms with Gasteiger partial charge in [-0.25, -0.2) is 4.39 Å². The highest BCUT2D eigenvalue weighted by molar-refractivity contribution is 6.05. The molecule has 1 aromatic heterocycles. The Morgan fingerprint density at radius 3 is 2.35 bits per heavy atom. The lowest BCUT2D eigenvalue weighted by Crippen LogP contribution is -2.21. The van der Waals surface area contributed by atoms with Gasteiger partial charge in [-0.15, -0.1) is 0 Å². The van der Waals surface area contributed by atoms with Crippen molar-refractivity contribution in [3.8, 4) is 5.75 Å². The van der Waals surface area contributed by atoms with Gasteiger partial charge >= 0.3 is 5.97 Å². The van der Waals surface area contributed by atoms with E-state index in [1.54, 1.807) is 19.1 Å². The summed E-state index contributed by atoms with van der Waals surface area (Å²) in [5.41, 5.74) is 2.96. The molecule has 5 nitrogen and oxygen atoms in total. The fourth-order valence-corrected chi connectivity index (χ4v) is 4.93. The third-order valence-corrected chi connectivity index (χ3v) is 6.48. The summed E-state index contributed by atoms with van der Waals surface area (Å²) in [7, 11) is 1.37. The van der Waals surface area contributed by atoms with Crippen molar-refractivity contribution in [3.05, 3.63) is 64.6 Å². The van der Waals surface area contributed by atoms with Gasteiger partial charge in [-0.05, 0) is 56.4 Å². The second kappa shape index (κ2) is 8.17. The molecule has 1 unspecified atom stereocenters. The Labute approximate surface area is 180 Å². The Kier molecular flexibility index (Phi) is 5.56. The molecule has 0 radical (unpaired) electrons. The maximum atomic E-state index is 14.7. The number of aliphatic carboxylic acids is 1. The van der Waals surface area contributed by atoms with Gasteiger partial charge in [0.05, 0.1) is 18.5 Å². The highest BCUT2D eigenvalue weighted by Crippen LogP contribution is 2.43. The molecule has 162 valence electrons. The van der Waals surface area contributed by atoms with E-state index in [1.807, 2.05) is 19.1 Å². The summed E-state index contributed by atoms with van der Waals surface area (Å²) in [4.78, 5) is 25.8. The summed E-state index contributed by atoms with van der Waals surface area (Å²) < 4.78 is 21.3. The average molecular weight is 423 g/mol. The fourth-order valence-electron chi connectivity index (χ4n) is 4.93. The van der Waals surface area contributed by atoms with Crippen molar-refractivity contribution in [2.24, 2.45) is 5.92 Å². The summed E-state index contributed by atoms with van der Waals surface area (Å²) in [6.45, 7) is 3.68. The first-order chi connectivity index (χ1) is 14.8. The molecule has 1 aliphatic rings. The summed E-state index contributed by atoms with van der Waals surface area (Å²) in [5, 5.41) is 10.7. The molecule has 1 N–H and O–H groups in total. The maximum absolute atomic E-state index is 14.7. The number of carboxylic acids is 1. The second-order valence-corrected chi connectivity index (χ2v) is 8.37. The number of carbonyl (C=O) groups is 2. The third kappa shape index (κ3) is 3.60. The molecule has 6 heteroatoms. The van der Waals surface area contributed by atoms with Gasteiger partial charge < -0.3 is 9.84 Å². The van der Waals surface area contributed by atoms with E-state index < -0.39 is 17.7 Å². The highest BCUT2D eigenvalue weighted by Gasteiger charge is 2.37. The van der Waals surface area contributed by atoms with Crippen molar-refractivity contribution in [1.82, 2.24) is 4.57 Å². The Morgan fingerprint density at radius 2 is 1.77 bits per heavy atom. The van der Waals surface area contributed by atoms with Crippen LogP contribution in [-0.4, -0.2) is 28.7 Å². The third-order valence-electron chi connectivity index (χ3n) is 6.48. The number of aryl methyl sites for hydroxylation is 1. The van der Waals surface area contributed by atoms with Crippen LogP contribution >= 0.6 is 0 Å². The minimum absolute atomic E-state index is 0.0132. The van der Waals surface area contributed by atoms with E-state index >= 15 is 0 Å². The molecule has 1 heterocycles. The van der Waals surface area contributed by atoms with Crippen LogP contribution < -0.4 is 4.74 Å². The van der Waals surface area contributed by atoms with Crippen LogP contribution in [0.15, 0.2) is 36.4 Å². The molecule has 3 aromatic rings. The summed E-state index contributed by atoms with van der Waals surface area (Å²) in [6, 6.07) is 9.94. The number of rotatable bonds is 5. The standard InChI is InChI=1S/C25H26FNO4/c1-14-8-10-17(11-9-14)24(28)27-15(2)22(23(25(29)30)16-6-4-5-7-16)18-12-21(31-3)19(26)13-20(18)27/h8-13,16,23H,4-7H2,1-3H3,(H,29,30). The fraction of sp³-hybridized carbons (Fsp3) is 0.360. The normalized spacial score (nSPS) is 15.4. The van der Waals surface area contributed by atoms with Crippen molar-refractivity contribution in [1.29, 1.82) is 0 Å². The number of hydrogen-bond donors (Lipinski definition) is 1. The van der Waals surface area contributed by atoms with Crippen molar-refractivity contribution in [3.63, 3.8) is 0 Å². The molecule has 1 fully saturated rings. The van der Waals surface area contributed by atoms with Gasteiger partial charge in [-0.1, -0.05) is 30.5 Å². The molecule has 0 bridgehead atoms. The van der Waals surface area contributed by atoms with Crippen LogP contribution in [0.5, 0.6) is 5.75 Å². The van der Waals surface area contributed by atoms with Crippen LogP contribution in [0.1, 0.15) is 58.8 Å². The van der Waals surface area contributed by atoms with Crippen LogP contribution in [0.2, 0.25) is 0 Å². The van der Waals surface area contributed by atoms with Crippen LogP contribution in [-0.2, 0) is 4.79 Å². The topological polar surface area (TPSA) is 68.5 Å².